The van der Waals surface area contributed by atoms with Gasteiger partial charge in [-0.25, -0.2) is 0 Å². The van der Waals surface area contributed by atoms with Gasteiger partial charge in [0.15, 0.2) is 0 Å². The Hall–Kier alpha value is -0.830. The van der Waals surface area contributed by atoms with Gasteiger partial charge in [-0.3, -0.25) is 4.79 Å². The van der Waals surface area contributed by atoms with Gasteiger partial charge in [0.2, 0.25) is 5.91 Å². The molecule has 2 fully saturated rings. The number of amides is 1. The van der Waals surface area contributed by atoms with Crippen LogP contribution in [-0.2, 0) is 9.53 Å². The monoisotopic (exact) mass is 193 g/mol. The van der Waals surface area contributed by atoms with Gasteiger partial charge in [0.25, 0.3) is 0 Å². The highest BCUT2D eigenvalue weighted by Crippen LogP contribution is 2.47. The van der Waals surface area contributed by atoms with Crippen LogP contribution in [0.3, 0.4) is 0 Å². The van der Waals surface area contributed by atoms with Gasteiger partial charge in [-0.05, 0) is 18.8 Å². The fourth-order valence-corrected chi connectivity index (χ4v) is 3.01. The molecular weight excluding hydrogens is 178 g/mol. The molecule has 3 heterocycles. The quantitative estimate of drug-likeness (QED) is 0.536. The van der Waals surface area contributed by atoms with E-state index < -0.39 is 0 Å². The van der Waals surface area contributed by atoms with Crippen LogP contribution in [0.15, 0.2) is 12.2 Å². The molecule has 0 aromatic rings. The number of hydrogen-bond acceptors (Lipinski definition) is 2. The summed E-state index contributed by atoms with van der Waals surface area (Å²) in [4.78, 5) is 13.2. The minimum Gasteiger partial charge on any atom is -0.361 e. The van der Waals surface area contributed by atoms with Crippen molar-refractivity contribution in [2.75, 3.05) is 13.1 Å². The number of piperidine rings is 1. The molecule has 3 unspecified atom stereocenters. The standard InChI is InChI=1S/C11H15NO2/c1-8(13)12-5-3-9-6-10-2-4-11(9,7-12)14-10/h2,4,9-10H,3,5-7H2,1H3. The Bertz CT molecular complexity index is 312. The maximum absolute atomic E-state index is 11.3. The molecule has 0 aromatic heterocycles. The molecule has 0 aliphatic carbocycles. The van der Waals surface area contributed by atoms with Crippen LogP contribution >= 0.6 is 0 Å². The number of nitrogens with zero attached hydrogens (tertiary/aromatic N) is 1. The lowest BCUT2D eigenvalue weighted by molar-refractivity contribution is -0.135. The lowest BCUT2D eigenvalue weighted by Crippen LogP contribution is -2.52. The van der Waals surface area contributed by atoms with E-state index in [1.807, 2.05) is 4.90 Å². The molecule has 0 saturated carbocycles. The second kappa shape index (κ2) is 2.60. The first-order valence-corrected chi connectivity index (χ1v) is 5.32. The highest BCUT2D eigenvalue weighted by atomic mass is 16.5. The highest BCUT2D eigenvalue weighted by Gasteiger charge is 2.52. The summed E-state index contributed by atoms with van der Waals surface area (Å²) < 4.78 is 5.94. The third-order valence-electron chi connectivity index (χ3n) is 3.80. The Morgan fingerprint density at radius 2 is 2.50 bits per heavy atom. The zero-order chi connectivity index (χ0) is 9.76. The Kier molecular flexibility index (Phi) is 1.57. The second-order valence-electron chi connectivity index (χ2n) is 4.63. The second-order valence-corrected chi connectivity index (χ2v) is 4.63. The molecule has 14 heavy (non-hydrogen) atoms. The Morgan fingerprint density at radius 1 is 1.64 bits per heavy atom. The van der Waals surface area contributed by atoms with E-state index in [2.05, 4.69) is 12.2 Å². The highest BCUT2D eigenvalue weighted by molar-refractivity contribution is 5.73. The van der Waals surface area contributed by atoms with Gasteiger partial charge in [0, 0.05) is 13.5 Å². The molecule has 3 nitrogen and oxygen atoms in total. The number of rotatable bonds is 0. The fourth-order valence-electron chi connectivity index (χ4n) is 3.01. The molecule has 0 N–H and O–H groups in total. The minimum absolute atomic E-state index is 0.116. The van der Waals surface area contributed by atoms with E-state index in [9.17, 15) is 4.79 Å². The molecule has 76 valence electrons. The van der Waals surface area contributed by atoms with E-state index in [0.717, 1.165) is 25.9 Å². The van der Waals surface area contributed by atoms with Gasteiger partial charge >= 0.3 is 0 Å². The molecule has 3 heteroatoms. The Balaban J connectivity index is 1.86. The van der Waals surface area contributed by atoms with E-state index in [1.165, 1.54) is 0 Å². The average molecular weight is 193 g/mol. The molecule has 3 aliphatic rings. The summed E-state index contributed by atoms with van der Waals surface area (Å²) in [6.07, 6.45) is 6.91. The molecule has 3 aliphatic heterocycles. The summed E-state index contributed by atoms with van der Waals surface area (Å²) in [6, 6.07) is 0. The van der Waals surface area contributed by atoms with Gasteiger partial charge < -0.3 is 9.64 Å². The van der Waals surface area contributed by atoms with Crippen molar-refractivity contribution in [3.8, 4) is 0 Å². The summed E-state index contributed by atoms with van der Waals surface area (Å²) >= 11 is 0. The van der Waals surface area contributed by atoms with Crippen LogP contribution in [0.1, 0.15) is 19.8 Å². The average Bonchev–Trinajstić information content (AvgIpc) is 2.71. The summed E-state index contributed by atoms with van der Waals surface area (Å²) in [5.74, 6) is 0.818. The molecule has 0 aromatic carbocycles. The minimum atomic E-state index is -0.116. The number of ether oxygens (including phenoxy) is 1. The van der Waals surface area contributed by atoms with Crippen LogP contribution in [0.2, 0.25) is 0 Å². The molecule has 1 spiro atoms. The van der Waals surface area contributed by atoms with Gasteiger partial charge in [0.1, 0.15) is 5.60 Å². The van der Waals surface area contributed by atoms with Crippen LogP contribution < -0.4 is 0 Å². The third kappa shape index (κ3) is 0.989. The molecule has 2 saturated heterocycles. The van der Waals surface area contributed by atoms with Crippen LogP contribution in [-0.4, -0.2) is 35.6 Å². The number of carbonyl (C=O) groups is 1. The lowest BCUT2D eigenvalue weighted by Gasteiger charge is -2.41. The lowest BCUT2D eigenvalue weighted by atomic mass is 9.78. The van der Waals surface area contributed by atoms with Crippen LogP contribution in [0, 0.1) is 5.92 Å². The molecule has 3 rings (SSSR count). The number of carbonyl (C=O) groups excluding carboxylic acids is 1. The first kappa shape index (κ1) is 8.48. The van der Waals surface area contributed by atoms with Gasteiger partial charge in [0.05, 0.1) is 12.6 Å². The normalized spacial score (nSPS) is 44.2. The van der Waals surface area contributed by atoms with Crippen molar-refractivity contribution in [2.24, 2.45) is 5.92 Å². The zero-order valence-electron chi connectivity index (χ0n) is 8.40. The topological polar surface area (TPSA) is 29.5 Å². The van der Waals surface area contributed by atoms with Crippen molar-refractivity contribution in [1.82, 2.24) is 4.90 Å². The molecule has 2 bridgehead atoms. The van der Waals surface area contributed by atoms with Crippen molar-refractivity contribution in [3.63, 3.8) is 0 Å². The van der Waals surface area contributed by atoms with E-state index in [1.54, 1.807) is 6.92 Å². The number of hydrogen-bond donors (Lipinski definition) is 0. The number of likely N-dealkylation sites (tertiary alicyclic amines) is 1. The number of fused-ring (bicyclic) bond motifs is 1. The predicted molar refractivity (Wildman–Crippen MR) is 51.7 cm³/mol. The van der Waals surface area contributed by atoms with Gasteiger partial charge in [-0.15, -0.1) is 0 Å². The Morgan fingerprint density at radius 3 is 3.21 bits per heavy atom. The van der Waals surface area contributed by atoms with Gasteiger partial charge in [-0.2, -0.15) is 0 Å². The molecule has 0 radical (unpaired) electrons. The fraction of sp³-hybridized carbons (Fsp3) is 0.727. The maximum Gasteiger partial charge on any atom is 0.219 e. The molecule has 1 amide bonds. The summed E-state index contributed by atoms with van der Waals surface area (Å²) in [6.45, 7) is 3.31. The van der Waals surface area contributed by atoms with Crippen molar-refractivity contribution in [3.05, 3.63) is 12.2 Å². The summed E-state index contributed by atoms with van der Waals surface area (Å²) in [5.41, 5.74) is -0.116. The van der Waals surface area contributed by atoms with E-state index in [0.29, 0.717) is 12.0 Å². The van der Waals surface area contributed by atoms with Gasteiger partial charge in [-0.1, -0.05) is 12.2 Å². The summed E-state index contributed by atoms with van der Waals surface area (Å²) in [7, 11) is 0. The van der Waals surface area contributed by atoms with Crippen LogP contribution in [0.25, 0.3) is 0 Å². The zero-order valence-corrected chi connectivity index (χ0v) is 8.40. The maximum atomic E-state index is 11.3. The summed E-state index contributed by atoms with van der Waals surface area (Å²) in [5, 5.41) is 0. The predicted octanol–water partition coefficient (Wildman–Crippen LogP) is 0.952. The smallest absolute Gasteiger partial charge is 0.219 e. The largest absolute Gasteiger partial charge is 0.361 e. The molecule has 3 atom stereocenters. The van der Waals surface area contributed by atoms with E-state index in [-0.39, 0.29) is 11.5 Å². The Labute approximate surface area is 83.7 Å². The van der Waals surface area contributed by atoms with Crippen LogP contribution in [0.5, 0.6) is 0 Å². The van der Waals surface area contributed by atoms with Crippen molar-refractivity contribution in [2.45, 2.75) is 31.5 Å². The van der Waals surface area contributed by atoms with Crippen molar-refractivity contribution >= 4 is 5.91 Å². The third-order valence-corrected chi connectivity index (χ3v) is 3.80. The van der Waals surface area contributed by atoms with E-state index >= 15 is 0 Å². The first-order chi connectivity index (χ1) is 6.70. The van der Waals surface area contributed by atoms with Crippen molar-refractivity contribution in [1.29, 1.82) is 0 Å². The van der Waals surface area contributed by atoms with E-state index in [4.69, 9.17) is 4.74 Å². The molecular formula is C11H15NO2. The first-order valence-electron chi connectivity index (χ1n) is 5.32. The van der Waals surface area contributed by atoms with Crippen molar-refractivity contribution < 1.29 is 9.53 Å². The SMILES string of the molecule is CC(=O)N1CCC2CC3C=CC2(C1)O3. The van der Waals surface area contributed by atoms with Crippen LogP contribution in [0.4, 0.5) is 0 Å².